The molecule has 1 amide bonds. The van der Waals surface area contributed by atoms with Crippen LogP contribution in [-0.4, -0.2) is 73.0 Å². The van der Waals surface area contributed by atoms with Crippen molar-refractivity contribution in [3.8, 4) is 0 Å². The Balaban J connectivity index is 1.55. The van der Waals surface area contributed by atoms with Crippen LogP contribution >= 0.6 is 23.2 Å². The van der Waals surface area contributed by atoms with Crippen molar-refractivity contribution in [2.75, 3.05) is 46.3 Å². The van der Waals surface area contributed by atoms with Gasteiger partial charge in [-0.25, -0.2) is 0 Å². The van der Waals surface area contributed by atoms with E-state index in [4.69, 9.17) is 23.2 Å². The molecular formula is C20H29Cl2N3O. The molecule has 144 valence electrons. The maximum Gasteiger partial charge on any atom is 0.222 e. The predicted molar refractivity (Wildman–Crippen MR) is 108 cm³/mol. The van der Waals surface area contributed by atoms with Crippen LogP contribution in [0.4, 0.5) is 0 Å². The van der Waals surface area contributed by atoms with Gasteiger partial charge in [0, 0.05) is 61.8 Å². The fourth-order valence-electron chi connectivity index (χ4n) is 3.96. The first kappa shape index (κ1) is 19.9. The molecule has 26 heavy (non-hydrogen) atoms. The molecule has 0 aromatic heterocycles. The number of likely N-dealkylation sites (tertiary alicyclic amines) is 1. The van der Waals surface area contributed by atoms with Crippen LogP contribution in [-0.2, 0) is 11.2 Å². The predicted octanol–water partition coefficient (Wildman–Crippen LogP) is 3.55. The van der Waals surface area contributed by atoms with Gasteiger partial charge in [-0.2, -0.15) is 0 Å². The van der Waals surface area contributed by atoms with E-state index in [0.717, 1.165) is 51.3 Å². The average Bonchev–Trinajstić information content (AvgIpc) is 2.88. The van der Waals surface area contributed by atoms with Gasteiger partial charge < -0.3 is 9.80 Å². The molecule has 2 heterocycles. The number of hydrogen-bond acceptors (Lipinski definition) is 3. The van der Waals surface area contributed by atoms with E-state index >= 15 is 0 Å². The maximum absolute atomic E-state index is 12.8. The topological polar surface area (TPSA) is 26.8 Å². The molecule has 2 saturated heterocycles. The number of amides is 1. The van der Waals surface area contributed by atoms with Gasteiger partial charge in [-0.15, -0.1) is 0 Å². The molecule has 1 aromatic carbocycles. The number of piperazine rings is 1. The molecule has 4 nitrogen and oxygen atoms in total. The lowest BCUT2D eigenvalue weighted by molar-refractivity contribution is -0.131. The third-order valence-electron chi connectivity index (χ3n) is 5.68. The number of benzene rings is 1. The molecule has 0 spiro atoms. The van der Waals surface area contributed by atoms with E-state index in [2.05, 4.69) is 21.7 Å². The molecule has 2 fully saturated rings. The fourth-order valence-corrected chi connectivity index (χ4v) is 4.46. The molecule has 2 aliphatic heterocycles. The van der Waals surface area contributed by atoms with Crippen LogP contribution in [0.2, 0.25) is 10.0 Å². The van der Waals surface area contributed by atoms with Gasteiger partial charge in [0.25, 0.3) is 0 Å². The van der Waals surface area contributed by atoms with Gasteiger partial charge in [0.1, 0.15) is 0 Å². The highest BCUT2D eigenvalue weighted by molar-refractivity contribution is 6.35. The van der Waals surface area contributed by atoms with Crippen LogP contribution in [0.5, 0.6) is 0 Å². The zero-order valence-corrected chi connectivity index (χ0v) is 17.1. The molecule has 1 atom stereocenters. The minimum absolute atomic E-state index is 0.247. The summed E-state index contributed by atoms with van der Waals surface area (Å²) in [6, 6.07) is 6.02. The van der Waals surface area contributed by atoms with Crippen molar-refractivity contribution in [1.82, 2.24) is 14.7 Å². The van der Waals surface area contributed by atoms with Gasteiger partial charge >= 0.3 is 0 Å². The Morgan fingerprint density at radius 2 is 1.88 bits per heavy atom. The number of carbonyl (C=O) groups is 1. The molecule has 0 aliphatic carbocycles. The standard InChI is InChI=1S/C20H29Cl2N3O/c1-23-10-12-24(13-11-23)18-4-2-3-9-25(15-18)20(26)8-6-16-5-7-17(21)14-19(16)22/h5,7,14,18H,2-4,6,8-13,15H2,1H3. The lowest BCUT2D eigenvalue weighted by Gasteiger charge is -2.39. The number of aryl methyl sites for hydroxylation is 1. The fraction of sp³-hybridized carbons (Fsp3) is 0.650. The van der Waals surface area contributed by atoms with E-state index in [9.17, 15) is 4.79 Å². The summed E-state index contributed by atoms with van der Waals surface area (Å²) < 4.78 is 0. The van der Waals surface area contributed by atoms with Gasteiger partial charge in [0.15, 0.2) is 0 Å². The van der Waals surface area contributed by atoms with Crippen LogP contribution in [0.25, 0.3) is 0 Å². The van der Waals surface area contributed by atoms with Crippen molar-refractivity contribution in [1.29, 1.82) is 0 Å². The second-order valence-corrected chi connectivity index (χ2v) is 8.41. The van der Waals surface area contributed by atoms with Crippen molar-refractivity contribution in [3.63, 3.8) is 0 Å². The Labute approximate surface area is 167 Å². The Morgan fingerprint density at radius 3 is 2.62 bits per heavy atom. The number of rotatable bonds is 4. The van der Waals surface area contributed by atoms with Crippen molar-refractivity contribution >= 4 is 29.1 Å². The number of hydrogen-bond donors (Lipinski definition) is 0. The lowest BCUT2D eigenvalue weighted by Crippen LogP contribution is -2.52. The van der Waals surface area contributed by atoms with Crippen LogP contribution in [0.15, 0.2) is 18.2 Å². The maximum atomic E-state index is 12.8. The quantitative estimate of drug-likeness (QED) is 0.776. The van der Waals surface area contributed by atoms with Crippen LogP contribution in [0, 0.1) is 0 Å². The second kappa shape index (κ2) is 9.41. The largest absolute Gasteiger partial charge is 0.341 e. The van der Waals surface area contributed by atoms with E-state index in [-0.39, 0.29) is 5.91 Å². The minimum Gasteiger partial charge on any atom is -0.341 e. The molecular weight excluding hydrogens is 369 g/mol. The molecule has 0 bridgehead atoms. The third-order valence-corrected chi connectivity index (χ3v) is 6.26. The van der Waals surface area contributed by atoms with E-state index in [1.807, 2.05) is 12.1 Å². The first-order valence-corrected chi connectivity index (χ1v) is 10.4. The number of nitrogens with zero attached hydrogens (tertiary/aromatic N) is 3. The normalized spacial score (nSPS) is 23.0. The smallest absolute Gasteiger partial charge is 0.222 e. The zero-order valence-electron chi connectivity index (χ0n) is 15.6. The first-order chi connectivity index (χ1) is 12.5. The Bertz CT molecular complexity index is 617. The van der Waals surface area contributed by atoms with Crippen LogP contribution in [0.1, 0.15) is 31.2 Å². The average molecular weight is 398 g/mol. The summed E-state index contributed by atoms with van der Waals surface area (Å²) in [7, 11) is 2.18. The second-order valence-electron chi connectivity index (χ2n) is 7.56. The Kier molecular flexibility index (Phi) is 7.21. The molecule has 0 radical (unpaired) electrons. The Hall–Kier alpha value is -0.810. The summed E-state index contributed by atoms with van der Waals surface area (Å²) >= 11 is 12.2. The number of likely N-dealkylation sites (N-methyl/N-ethyl adjacent to an activating group) is 1. The van der Waals surface area contributed by atoms with E-state index in [1.54, 1.807) is 6.07 Å². The summed E-state index contributed by atoms with van der Waals surface area (Å²) in [6.07, 6.45) is 4.71. The summed E-state index contributed by atoms with van der Waals surface area (Å²) in [5.74, 6) is 0.247. The van der Waals surface area contributed by atoms with Gasteiger partial charge in [0.2, 0.25) is 5.91 Å². The SMILES string of the molecule is CN1CCN(C2CCCCN(C(=O)CCc3ccc(Cl)cc3Cl)C2)CC1. The highest BCUT2D eigenvalue weighted by Crippen LogP contribution is 2.23. The summed E-state index contributed by atoms with van der Waals surface area (Å²) in [5.41, 5.74) is 0.995. The molecule has 2 aliphatic rings. The van der Waals surface area contributed by atoms with Gasteiger partial charge in [-0.05, 0) is 44.0 Å². The highest BCUT2D eigenvalue weighted by Gasteiger charge is 2.27. The van der Waals surface area contributed by atoms with Gasteiger partial charge in [-0.1, -0.05) is 35.7 Å². The van der Waals surface area contributed by atoms with Crippen LogP contribution < -0.4 is 0 Å². The van der Waals surface area contributed by atoms with Crippen molar-refractivity contribution in [2.24, 2.45) is 0 Å². The monoisotopic (exact) mass is 397 g/mol. The summed E-state index contributed by atoms with van der Waals surface area (Å²) in [6.45, 7) is 6.24. The number of carbonyl (C=O) groups excluding carboxylic acids is 1. The minimum atomic E-state index is 0.247. The van der Waals surface area contributed by atoms with Crippen molar-refractivity contribution in [3.05, 3.63) is 33.8 Å². The van der Waals surface area contributed by atoms with E-state index < -0.39 is 0 Å². The molecule has 1 unspecified atom stereocenters. The van der Waals surface area contributed by atoms with Crippen LogP contribution in [0.3, 0.4) is 0 Å². The van der Waals surface area contributed by atoms with Crippen molar-refractivity contribution < 1.29 is 4.79 Å². The summed E-state index contributed by atoms with van der Waals surface area (Å²) in [4.78, 5) is 19.9. The first-order valence-electron chi connectivity index (χ1n) is 9.67. The zero-order chi connectivity index (χ0) is 18.5. The van der Waals surface area contributed by atoms with E-state index in [0.29, 0.717) is 28.9 Å². The highest BCUT2D eigenvalue weighted by atomic mass is 35.5. The third kappa shape index (κ3) is 5.35. The van der Waals surface area contributed by atoms with Gasteiger partial charge in [0.05, 0.1) is 0 Å². The molecule has 0 N–H and O–H groups in total. The molecule has 6 heteroatoms. The molecule has 0 saturated carbocycles. The van der Waals surface area contributed by atoms with E-state index in [1.165, 1.54) is 12.8 Å². The molecule has 3 rings (SSSR count). The van der Waals surface area contributed by atoms with Gasteiger partial charge in [-0.3, -0.25) is 9.69 Å². The number of halogens is 2. The Morgan fingerprint density at radius 1 is 1.12 bits per heavy atom. The summed E-state index contributed by atoms with van der Waals surface area (Å²) in [5, 5.41) is 1.28. The van der Waals surface area contributed by atoms with Crippen molar-refractivity contribution in [2.45, 2.75) is 38.1 Å². The lowest BCUT2D eigenvalue weighted by atomic mass is 10.1. The molecule has 1 aromatic rings.